The molecule has 0 saturated heterocycles. The minimum atomic E-state index is -0.194. The van der Waals surface area contributed by atoms with Gasteiger partial charge in [-0.05, 0) is 71.6 Å². The monoisotopic (exact) mass is 478 g/mol. The third kappa shape index (κ3) is 4.77. The Hall–Kier alpha value is -4.65. The van der Waals surface area contributed by atoms with Crippen LogP contribution in [0.3, 0.4) is 0 Å². The largest absolute Gasteiger partial charge is 0.497 e. The molecular weight excluding hydrogens is 452 g/mol. The summed E-state index contributed by atoms with van der Waals surface area (Å²) in [6.07, 6.45) is 0.905. The Labute approximate surface area is 209 Å². The highest BCUT2D eigenvalue weighted by atomic mass is 16.5. The zero-order valence-electron chi connectivity index (χ0n) is 19.9. The highest BCUT2D eigenvalue weighted by molar-refractivity contribution is 6.09. The van der Waals surface area contributed by atoms with Gasteiger partial charge in [-0.2, -0.15) is 0 Å². The zero-order chi connectivity index (χ0) is 25.1. The molecule has 2 heterocycles. The van der Waals surface area contributed by atoms with Gasteiger partial charge in [-0.15, -0.1) is 0 Å². The molecule has 0 radical (unpaired) electrons. The number of fused-ring (bicyclic) bond motifs is 1. The number of nitrogens with zero attached hydrogens (tertiary/aromatic N) is 2. The Kier molecular flexibility index (Phi) is 6.36. The first kappa shape index (κ1) is 23.1. The maximum atomic E-state index is 13.2. The second kappa shape index (κ2) is 9.92. The molecule has 180 valence electrons. The lowest BCUT2D eigenvalue weighted by atomic mass is 9.99. The first-order valence-electron chi connectivity index (χ1n) is 11.7. The minimum absolute atomic E-state index is 0.0305. The van der Waals surface area contributed by atoms with E-state index >= 15 is 0 Å². The summed E-state index contributed by atoms with van der Waals surface area (Å²) in [7, 11) is 1.62. The molecule has 0 spiro atoms. The van der Waals surface area contributed by atoms with Crippen molar-refractivity contribution in [2.45, 2.75) is 12.8 Å². The Morgan fingerprint density at radius 1 is 1.00 bits per heavy atom. The van der Waals surface area contributed by atoms with Gasteiger partial charge < -0.3 is 20.7 Å². The van der Waals surface area contributed by atoms with Gasteiger partial charge in [0.15, 0.2) is 0 Å². The van der Waals surface area contributed by atoms with E-state index in [9.17, 15) is 9.59 Å². The number of hydrogen-bond donors (Lipinski definition) is 2. The molecule has 7 heteroatoms. The van der Waals surface area contributed by atoms with Crippen molar-refractivity contribution in [2.75, 3.05) is 29.6 Å². The molecule has 0 atom stereocenters. The average molecular weight is 479 g/mol. The lowest BCUT2D eigenvalue weighted by molar-refractivity contribution is -0.117. The third-order valence-electron chi connectivity index (χ3n) is 6.27. The van der Waals surface area contributed by atoms with Gasteiger partial charge >= 0.3 is 0 Å². The number of pyridine rings is 1. The standard InChI is InChI=1S/C29H26N4O3/c1-36-23-12-9-19(10-13-23)24-6-2-3-7-25(24)29(35)32-22-11-14-26-20(17-22)15-16-33(26)28(34)18-21-5-4-8-27(30)31-21/h2-14,17H,15-16,18H2,1H3,(H2,30,31)(H,32,35). The van der Waals surface area contributed by atoms with Gasteiger partial charge in [-0.25, -0.2) is 4.98 Å². The maximum Gasteiger partial charge on any atom is 0.256 e. The van der Waals surface area contributed by atoms with E-state index in [4.69, 9.17) is 10.5 Å². The number of hydrogen-bond acceptors (Lipinski definition) is 5. The summed E-state index contributed by atoms with van der Waals surface area (Å²) in [5, 5.41) is 3.02. The number of anilines is 3. The van der Waals surface area contributed by atoms with Gasteiger partial charge in [0.2, 0.25) is 5.91 Å². The van der Waals surface area contributed by atoms with Crippen LogP contribution in [0.1, 0.15) is 21.6 Å². The number of nitrogen functional groups attached to an aromatic ring is 1. The van der Waals surface area contributed by atoms with Crippen LogP contribution in [0.15, 0.2) is 84.9 Å². The summed E-state index contributed by atoms with van der Waals surface area (Å²) in [5.41, 5.74) is 11.3. The number of nitrogens with two attached hydrogens (primary N) is 1. The van der Waals surface area contributed by atoms with Crippen LogP contribution in [0.25, 0.3) is 11.1 Å². The van der Waals surface area contributed by atoms with Crippen molar-refractivity contribution >= 4 is 29.0 Å². The Bertz CT molecular complexity index is 1430. The van der Waals surface area contributed by atoms with Crippen molar-refractivity contribution in [1.82, 2.24) is 4.98 Å². The fraction of sp³-hybridized carbons (Fsp3) is 0.138. The van der Waals surface area contributed by atoms with Crippen molar-refractivity contribution in [1.29, 1.82) is 0 Å². The van der Waals surface area contributed by atoms with E-state index in [1.807, 2.05) is 66.7 Å². The highest BCUT2D eigenvalue weighted by Gasteiger charge is 2.25. The van der Waals surface area contributed by atoms with Crippen molar-refractivity contribution < 1.29 is 14.3 Å². The molecule has 0 bridgehead atoms. The Morgan fingerprint density at radius 3 is 2.58 bits per heavy atom. The summed E-state index contributed by atoms with van der Waals surface area (Å²) < 4.78 is 5.24. The second-order valence-electron chi connectivity index (χ2n) is 8.60. The molecule has 0 fully saturated rings. The minimum Gasteiger partial charge on any atom is -0.497 e. The van der Waals surface area contributed by atoms with E-state index in [0.717, 1.165) is 34.5 Å². The summed E-state index contributed by atoms with van der Waals surface area (Å²) in [4.78, 5) is 32.1. The van der Waals surface area contributed by atoms with Gasteiger partial charge in [-0.1, -0.05) is 36.4 Å². The number of carbonyl (C=O) groups excluding carboxylic acids is 2. The number of carbonyl (C=O) groups is 2. The normalized spacial score (nSPS) is 12.2. The number of nitrogens with one attached hydrogen (secondary N) is 1. The van der Waals surface area contributed by atoms with Crippen molar-refractivity contribution in [2.24, 2.45) is 0 Å². The molecule has 0 unspecified atom stereocenters. The molecule has 0 aliphatic carbocycles. The molecule has 0 saturated carbocycles. The highest BCUT2D eigenvalue weighted by Crippen LogP contribution is 2.32. The third-order valence-corrected chi connectivity index (χ3v) is 6.27. The lowest BCUT2D eigenvalue weighted by Gasteiger charge is -2.18. The van der Waals surface area contributed by atoms with Gasteiger partial charge in [0.1, 0.15) is 11.6 Å². The van der Waals surface area contributed by atoms with E-state index in [1.165, 1.54) is 0 Å². The van der Waals surface area contributed by atoms with Crippen molar-refractivity contribution in [3.63, 3.8) is 0 Å². The Morgan fingerprint density at radius 2 is 1.81 bits per heavy atom. The van der Waals surface area contributed by atoms with Crippen LogP contribution >= 0.6 is 0 Å². The summed E-state index contributed by atoms with van der Waals surface area (Å²) in [6.45, 7) is 0.591. The number of ether oxygens (including phenoxy) is 1. The van der Waals surface area contributed by atoms with Crippen LogP contribution in [-0.2, 0) is 17.6 Å². The summed E-state index contributed by atoms with van der Waals surface area (Å²) >= 11 is 0. The van der Waals surface area contributed by atoms with Crippen LogP contribution in [0.5, 0.6) is 5.75 Å². The van der Waals surface area contributed by atoms with Crippen molar-refractivity contribution in [3.8, 4) is 16.9 Å². The fourth-order valence-corrected chi connectivity index (χ4v) is 4.49. The Balaban J connectivity index is 1.32. The van der Waals surface area contributed by atoms with Crippen molar-refractivity contribution in [3.05, 3.63) is 102 Å². The number of aromatic nitrogens is 1. The first-order valence-corrected chi connectivity index (χ1v) is 11.7. The van der Waals surface area contributed by atoms with Gasteiger partial charge in [0, 0.05) is 23.5 Å². The maximum absolute atomic E-state index is 13.2. The molecule has 7 nitrogen and oxygen atoms in total. The molecule has 1 aromatic heterocycles. The lowest BCUT2D eigenvalue weighted by Crippen LogP contribution is -2.30. The zero-order valence-corrected chi connectivity index (χ0v) is 19.9. The predicted octanol–water partition coefficient (Wildman–Crippen LogP) is 4.72. The fourth-order valence-electron chi connectivity index (χ4n) is 4.49. The molecular formula is C29H26N4O3. The smallest absolute Gasteiger partial charge is 0.256 e. The molecule has 5 rings (SSSR count). The molecule has 2 amide bonds. The molecule has 4 aromatic rings. The molecule has 1 aliphatic heterocycles. The van der Waals surface area contributed by atoms with E-state index in [0.29, 0.717) is 29.3 Å². The molecule has 3 N–H and O–H groups in total. The number of methoxy groups -OCH3 is 1. The van der Waals surface area contributed by atoms with Crippen LogP contribution in [0, 0.1) is 0 Å². The van der Waals surface area contributed by atoms with E-state index < -0.39 is 0 Å². The number of rotatable bonds is 6. The van der Waals surface area contributed by atoms with Crippen LogP contribution in [-0.4, -0.2) is 30.5 Å². The molecule has 36 heavy (non-hydrogen) atoms. The topological polar surface area (TPSA) is 97.5 Å². The SMILES string of the molecule is COc1ccc(-c2ccccc2C(=O)Nc2ccc3c(c2)CCN3C(=O)Cc2cccc(N)n2)cc1. The van der Waals surface area contributed by atoms with Crippen LogP contribution < -0.4 is 20.7 Å². The second-order valence-corrected chi connectivity index (χ2v) is 8.60. The molecule has 1 aliphatic rings. The van der Waals surface area contributed by atoms with Gasteiger partial charge in [0.25, 0.3) is 5.91 Å². The molecule has 3 aromatic carbocycles. The van der Waals surface area contributed by atoms with E-state index in [1.54, 1.807) is 30.2 Å². The van der Waals surface area contributed by atoms with Crippen LogP contribution in [0.2, 0.25) is 0 Å². The summed E-state index contributed by atoms with van der Waals surface area (Å²) in [5.74, 6) is 0.934. The quantitative estimate of drug-likeness (QED) is 0.418. The van der Waals surface area contributed by atoms with Gasteiger partial charge in [-0.3, -0.25) is 9.59 Å². The van der Waals surface area contributed by atoms with Gasteiger partial charge in [0.05, 0.1) is 19.2 Å². The number of benzene rings is 3. The average Bonchev–Trinajstić information content (AvgIpc) is 3.32. The van der Waals surface area contributed by atoms with Crippen LogP contribution in [0.4, 0.5) is 17.2 Å². The first-order chi connectivity index (χ1) is 17.5. The van der Waals surface area contributed by atoms with E-state index in [-0.39, 0.29) is 18.2 Å². The summed E-state index contributed by atoms with van der Waals surface area (Å²) in [6, 6.07) is 26.1. The van der Waals surface area contributed by atoms with E-state index in [2.05, 4.69) is 10.3 Å². The number of amides is 2. The predicted molar refractivity (Wildman–Crippen MR) is 141 cm³/mol.